The SMILES string of the molecule is CC.COC(=O)c1ccccc1C.Cc1ccc(N)c(C)c1. The van der Waals surface area contributed by atoms with Crippen LogP contribution in [0.3, 0.4) is 0 Å². The van der Waals surface area contributed by atoms with Gasteiger partial charge in [0.2, 0.25) is 0 Å². The van der Waals surface area contributed by atoms with Gasteiger partial charge < -0.3 is 10.5 Å². The van der Waals surface area contributed by atoms with Crippen LogP contribution in [0, 0.1) is 20.8 Å². The van der Waals surface area contributed by atoms with E-state index in [1.165, 1.54) is 12.7 Å². The van der Waals surface area contributed by atoms with Gasteiger partial charge in [-0.05, 0) is 44.0 Å². The zero-order valence-electron chi connectivity index (χ0n) is 14.4. The molecule has 0 aliphatic rings. The largest absolute Gasteiger partial charge is 0.465 e. The molecule has 0 saturated carbocycles. The summed E-state index contributed by atoms with van der Waals surface area (Å²) in [5, 5.41) is 0. The van der Waals surface area contributed by atoms with Gasteiger partial charge in [0.05, 0.1) is 12.7 Å². The van der Waals surface area contributed by atoms with Crippen LogP contribution in [0.4, 0.5) is 5.69 Å². The third kappa shape index (κ3) is 6.44. The molecule has 120 valence electrons. The third-order valence-corrected chi connectivity index (χ3v) is 2.98. The molecule has 2 aromatic carbocycles. The van der Waals surface area contributed by atoms with Gasteiger partial charge >= 0.3 is 5.97 Å². The Hall–Kier alpha value is -2.29. The predicted octanol–water partition coefficient (Wildman–Crippen LogP) is 4.69. The number of nitrogen functional groups attached to an aromatic ring is 1. The molecule has 0 saturated heterocycles. The standard InChI is InChI=1S/C9H10O2.C8H11N.C2H6/c1-7-5-3-4-6-8(7)9(10)11-2;1-6-3-4-8(9)7(2)5-6;1-2/h3-6H,1-2H3;3-5H,9H2,1-2H3;1-2H3. The van der Waals surface area contributed by atoms with E-state index >= 15 is 0 Å². The monoisotopic (exact) mass is 301 g/mol. The molecule has 0 unspecified atom stereocenters. The Kier molecular flexibility index (Phi) is 9.35. The van der Waals surface area contributed by atoms with Crippen molar-refractivity contribution in [1.29, 1.82) is 0 Å². The smallest absolute Gasteiger partial charge is 0.338 e. The quantitative estimate of drug-likeness (QED) is 0.614. The lowest BCUT2D eigenvalue weighted by Crippen LogP contribution is -2.02. The molecule has 0 aliphatic carbocycles. The van der Waals surface area contributed by atoms with Crippen LogP contribution in [0.25, 0.3) is 0 Å². The van der Waals surface area contributed by atoms with E-state index in [-0.39, 0.29) is 5.97 Å². The Labute approximate surface area is 134 Å². The van der Waals surface area contributed by atoms with E-state index in [1.807, 2.05) is 58.0 Å². The molecule has 2 rings (SSSR count). The van der Waals surface area contributed by atoms with Gasteiger partial charge in [-0.3, -0.25) is 0 Å². The molecule has 0 bridgehead atoms. The highest BCUT2D eigenvalue weighted by Gasteiger charge is 2.05. The molecule has 0 aromatic heterocycles. The number of rotatable bonds is 1. The first-order chi connectivity index (χ1) is 10.5. The highest BCUT2D eigenvalue weighted by molar-refractivity contribution is 5.90. The third-order valence-electron chi connectivity index (χ3n) is 2.98. The summed E-state index contributed by atoms with van der Waals surface area (Å²) in [6.45, 7) is 9.96. The Bertz CT molecular complexity index is 592. The molecule has 3 heteroatoms. The summed E-state index contributed by atoms with van der Waals surface area (Å²) in [5.41, 5.74) is 10.5. The average Bonchev–Trinajstić information content (AvgIpc) is 2.53. The number of esters is 1. The lowest BCUT2D eigenvalue weighted by Gasteiger charge is -2.00. The topological polar surface area (TPSA) is 52.3 Å². The van der Waals surface area contributed by atoms with Crippen molar-refractivity contribution in [3.8, 4) is 0 Å². The fourth-order valence-electron chi connectivity index (χ4n) is 1.74. The summed E-state index contributed by atoms with van der Waals surface area (Å²) in [6, 6.07) is 13.4. The minimum Gasteiger partial charge on any atom is -0.465 e. The van der Waals surface area contributed by atoms with Gasteiger partial charge in [-0.2, -0.15) is 0 Å². The molecule has 0 amide bonds. The van der Waals surface area contributed by atoms with Gasteiger partial charge in [0, 0.05) is 5.69 Å². The Morgan fingerprint density at radius 3 is 2.00 bits per heavy atom. The highest BCUT2D eigenvalue weighted by Crippen LogP contribution is 2.10. The molecule has 22 heavy (non-hydrogen) atoms. The molecule has 3 nitrogen and oxygen atoms in total. The summed E-state index contributed by atoms with van der Waals surface area (Å²) in [6.07, 6.45) is 0. The molecule has 0 aliphatic heterocycles. The molecule has 0 spiro atoms. The zero-order valence-corrected chi connectivity index (χ0v) is 14.4. The van der Waals surface area contributed by atoms with Crippen molar-refractivity contribution < 1.29 is 9.53 Å². The molecular formula is C19H27NO2. The van der Waals surface area contributed by atoms with E-state index in [0.717, 1.165) is 16.8 Å². The van der Waals surface area contributed by atoms with Gasteiger partial charge in [-0.15, -0.1) is 0 Å². The van der Waals surface area contributed by atoms with Crippen molar-refractivity contribution in [2.45, 2.75) is 34.6 Å². The van der Waals surface area contributed by atoms with Crippen LogP contribution in [-0.4, -0.2) is 13.1 Å². The first-order valence-corrected chi connectivity index (χ1v) is 7.42. The number of methoxy groups -OCH3 is 1. The fourth-order valence-corrected chi connectivity index (χ4v) is 1.74. The van der Waals surface area contributed by atoms with Crippen LogP contribution in [0.15, 0.2) is 42.5 Å². The van der Waals surface area contributed by atoms with Crippen LogP contribution in [0.1, 0.15) is 40.9 Å². The van der Waals surface area contributed by atoms with Crippen molar-refractivity contribution in [3.05, 3.63) is 64.7 Å². The summed E-state index contributed by atoms with van der Waals surface area (Å²) >= 11 is 0. The fraction of sp³-hybridized carbons (Fsp3) is 0.316. The van der Waals surface area contributed by atoms with Gasteiger partial charge in [0.1, 0.15) is 0 Å². The van der Waals surface area contributed by atoms with Gasteiger partial charge in [-0.25, -0.2) is 4.79 Å². The lowest BCUT2D eigenvalue weighted by molar-refractivity contribution is 0.0600. The van der Waals surface area contributed by atoms with E-state index < -0.39 is 0 Å². The second kappa shape index (κ2) is 10.4. The minimum atomic E-state index is -0.275. The number of ether oxygens (including phenoxy) is 1. The van der Waals surface area contributed by atoms with Crippen LogP contribution in [0.5, 0.6) is 0 Å². The number of carbonyl (C=O) groups excluding carboxylic acids is 1. The number of anilines is 1. The highest BCUT2D eigenvalue weighted by atomic mass is 16.5. The molecular weight excluding hydrogens is 274 g/mol. The molecule has 2 N–H and O–H groups in total. The van der Waals surface area contributed by atoms with Crippen molar-refractivity contribution in [2.24, 2.45) is 0 Å². The molecule has 0 radical (unpaired) electrons. The van der Waals surface area contributed by atoms with E-state index in [4.69, 9.17) is 5.73 Å². The van der Waals surface area contributed by atoms with E-state index in [2.05, 4.69) is 17.7 Å². The Morgan fingerprint density at radius 2 is 1.55 bits per heavy atom. The van der Waals surface area contributed by atoms with E-state index in [1.54, 1.807) is 6.07 Å². The number of carbonyl (C=O) groups is 1. The van der Waals surface area contributed by atoms with Gasteiger partial charge in [0.25, 0.3) is 0 Å². The maximum absolute atomic E-state index is 11.0. The van der Waals surface area contributed by atoms with Gasteiger partial charge in [-0.1, -0.05) is 49.7 Å². The van der Waals surface area contributed by atoms with Crippen LogP contribution in [-0.2, 0) is 4.74 Å². The van der Waals surface area contributed by atoms with Crippen molar-refractivity contribution in [3.63, 3.8) is 0 Å². The normalized spacial score (nSPS) is 8.82. The number of aryl methyl sites for hydroxylation is 3. The Morgan fingerprint density at radius 1 is 0.955 bits per heavy atom. The number of nitrogens with two attached hydrogens (primary N) is 1. The molecule has 0 fully saturated rings. The van der Waals surface area contributed by atoms with Crippen LogP contribution < -0.4 is 5.73 Å². The minimum absolute atomic E-state index is 0.275. The summed E-state index contributed by atoms with van der Waals surface area (Å²) in [4.78, 5) is 11.0. The van der Waals surface area contributed by atoms with Gasteiger partial charge in [0.15, 0.2) is 0 Å². The van der Waals surface area contributed by atoms with Crippen LogP contribution in [0.2, 0.25) is 0 Å². The second-order valence-corrected chi connectivity index (χ2v) is 4.67. The second-order valence-electron chi connectivity index (χ2n) is 4.67. The van der Waals surface area contributed by atoms with E-state index in [9.17, 15) is 4.79 Å². The molecule has 0 atom stereocenters. The Balaban J connectivity index is 0.000000366. The number of hydrogen-bond donors (Lipinski definition) is 1. The zero-order chi connectivity index (χ0) is 17.1. The first-order valence-electron chi connectivity index (χ1n) is 7.42. The van der Waals surface area contributed by atoms with Crippen molar-refractivity contribution in [1.82, 2.24) is 0 Å². The predicted molar refractivity (Wildman–Crippen MR) is 94.2 cm³/mol. The van der Waals surface area contributed by atoms with Crippen LogP contribution >= 0.6 is 0 Å². The maximum atomic E-state index is 11.0. The van der Waals surface area contributed by atoms with E-state index in [0.29, 0.717) is 5.56 Å². The number of benzene rings is 2. The summed E-state index contributed by atoms with van der Waals surface area (Å²) in [7, 11) is 1.38. The van der Waals surface area contributed by atoms with Crippen molar-refractivity contribution in [2.75, 3.05) is 12.8 Å². The lowest BCUT2D eigenvalue weighted by atomic mass is 10.1. The number of hydrogen-bond acceptors (Lipinski definition) is 3. The summed E-state index contributed by atoms with van der Waals surface area (Å²) in [5.74, 6) is -0.275. The molecule has 0 heterocycles. The summed E-state index contributed by atoms with van der Waals surface area (Å²) < 4.78 is 4.58. The first kappa shape index (κ1) is 19.7. The average molecular weight is 301 g/mol. The molecule has 2 aromatic rings. The van der Waals surface area contributed by atoms with Crippen molar-refractivity contribution >= 4 is 11.7 Å². The maximum Gasteiger partial charge on any atom is 0.338 e.